The summed E-state index contributed by atoms with van der Waals surface area (Å²) >= 11 is 1.66. The molecule has 0 bridgehead atoms. The number of esters is 1. The molecule has 0 aliphatic heterocycles. The van der Waals surface area contributed by atoms with Gasteiger partial charge in [-0.3, -0.25) is 4.79 Å². The van der Waals surface area contributed by atoms with Gasteiger partial charge < -0.3 is 15.2 Å². The number of aliphatic hydroxyl groups excluding tert-OH is 1. The second-order valence-corrected chi connectivity index (χ2v) is 4.33. The molecule has 0 heterocycles. The van der Waals surface area contributed by atoms with Crippen LogP contribution in [0.1, 0.15) is 19.8 Å². The molecule has 0 saturated heterocycles. The predicted molar refractivity (Wildman–Crippen MR) is 63.1 cm³/mol. The minimum atomic E-state index is -0.223. The SMILES string of the molecule is CCCNC(CSCCCO)C(=O)OC. The van der Waals surface area contributed by atoms with Gasteiger partial charge >= 0.3 is 5.97 Å². The molecule has 0 amide bonds. The molecule has 90 valence electrons. The maximum Gasteiger partial charge on any atom is 0.323 e. The maximum atomic E-state index is 11.3. The van der Waals surface area contributed by atoms with Gasteiger partial charge in [0.2, 0.25) is 0 Å². The lowest BCUT2D eigenvalue weighted by Gasteiger charge is -2.15. The average Bonchev–Trinajstić information content (AvgIpc) is 2.27. The summed E-state index contributed by atoms with van der Waals surface area (Å²) in [5, 5.41) is 11.7. The van der Waals surface area contributed by atoms with Gasteiger partial charge in [-0.15, -0.1) is 0 Å². The summed E-state index contributed by atoms with van der Waals surface area (Å²) in [4.78, 5) is 11.3. The Bertz CT molecular complexity index is 167. The molecule has 0 aliphatic rings. The molecule has 0 aromatic rings. The van der Waals surface area contributed by atoms with E-state index in [9.17, 15) is 4.79 Å². The zero-order valence-corrected chi connectivity index (χ0v) is 10.3. The Morgan fingerprint density at radius 1 is 1.60 bits per heavy atom. The second kappa shape index (κ2) is 10.3. The molecular weight excluding hydrogens is 214 g/mol. The van der Waals surface area contributed by atoms with Gasteiger partial charge in [0, 0.05) is 12.4 Å². The molecule has 4 nitrogen and oxygen atoms in total. The summed E-state index contributed by atoms with van der Waals surface area (Å²) in [5.74, 6) is 1.37. The van der Waals surface area contributed by atoms with Gasteiger partial charge in [-0.05, 0) is 25.1 Å². The molecule has 0 aromatic carbocycles. The Labute approximate surface area is 95.8 Å². The van der Waals surface area contributed by atoms with Gasteiger partial charge in [-0.1, -0.05) is 6.92 Å². The monoisotopic (exact) mass is 235 g/mol. The third-order valence-corrected chi connectivity index (χ3v) is 3.00. The molecule has 0 aliphatic carbocycles. The van der Waals surface area contributed by atoms with Gasteiger partial charge in [0.05, 0.1) is 7.11 Å². The number of thioether (sulfide) groups is 1. The van der Waals surface area contributed by atoms with E-state index in [1.807, 2.05) is 0 Å². The van der Waals surface area contributed by atoms with Crippen molar-refractivity contribution >= 4 is 17.7 Å². The summed E-state index contributed by atoms with van der Waals surface area (Å²) in [6.07, 6.45) is 1.77. The van der Waals surface area contributed by atoms with Crippen LogP contribution in [-0.4, -0.2) is 48.9 Å². The number of aliphatic hydroxyl groups is 1. The molecule has 5 heteroatoms. The first-order valence-corrected chi connectivity index (χ1v) is 6.41. The molecule has 0 fully saturated rings. The Balaban J connectivity index is 3.74. The molecule has 1 unspecified atom stereocenters. The van der Waals surface area contributed by atoms with E-state index in [4.69, 9.17) is 9.84 Å². The smallest absolute Gasteiger partial charge is 0.323 e. The van der Waals surface area contributed by atoms with Crippen LogP contribution in [0.4, 0.5) is 0 Å². The van der Waals surface area contributed by atoms with Crippen LogP contribution in [0.5, 0.6) is 0 Å². The molecule has 0 spiro atoms. The highest BCUT2D eigenvalue weighted by Gasteiger charge is 2.17. The Morgan fingerprint density at radius 2 is 2.33 bits per heavy atom. The number of carbonyl (C=O) groups excluding carboxylic acids is 1. The second-order valence-electron chi connectivity index (χ2n) is 3.18. The van der Waals surface area contributed by atoms with Crippen LogP contribution >= 0.6 is 11.8 Å². The first kappa shape index (κ1) is 14.7. The van der Waals surface area contributed by atoms with Crippen molar-refractivity contribution in [1.82, 2.24) is 5.32 Å². The Kier molecular flexibility index (Phi) is 10.1. The van der Waals surface area contributed by atoms with Crippen LogP contribution in [0, 0.1) is 0 Å². The highest BCUT2D eigenvalue weighted by Crippen LogP contribution is 2.06. The third-order valence-electron chi connectivity index (χ3n) is 1.86. The Hall–Kier alpha value is -0.260. The molecule has 2 N–H and O–H groups in total. The van der Waals surface area contributed by atoms with Crippen molar-refractivity contribution in [3.8, 4) is 0 Å². The molecule has 15 heavy (non-hydrogen) atoms. The summed E-state index contributed by atoms with van der Waals surface area (Å²) in [5.41, 5.74) is 0. The zero-order chi connectivity index (χ0) is 11.5. The normalized spacial score (nSPS) is 12.5. The largest absolute Gasteiger partial charge is 0.468 e. The topological polar surface area (TPSA) is 58.6 Å². The number of rotatable bonds is 9. The van der Waals surface area contributed by atoms with E-state index in [-0.39, 0.29) is 18.6 Å². The van der Waals surface area contributed by atoms with E-state index in [0.717, 1.165) is 25.1 Å². The quantitative estimate of drug-likeness (QED) is 0.454. The van der Waals surface area contributed by atoms with Crippen LogP contribution in [-0.2, 0) is 9.53 Å². The van der Waals surface area contributed by atoms with Crippen LogP contribution < -0.4 is 5.32 Å². The van der Waals surface area contributed by atoms with Crippen LogP contribution in [0.15, 0.2) is 0 Å². The zero-order valence-electron chi connectivity index (χ0n) is 9.49. The minimum absolute atomic E-state index is 0.207. The fourth-order valence-corrected chi connectivity index (χ4v) is 2.03. The highest BCUT2D eigenvalue weighted by atomic mass is 32.2. The van der Waals surface area contributed by atoms with Crippen molar-refractivity contribution in [3.63, 3.8) is 0 Å². The van der Waals surface area contributed by atoms with Gasteiger partial charge in [0.25, 0.3) is 0 Å². The third kappa shape index (κ3) is 7.64. The van der Waals surface area contributed by atoms with Gasteiger partial charge in [-0.25, -0.2) is 0 Å². The van der Waals surface area contributed by atoms with E-state index < -0.39 is 0 Å². The molecule has 0 saturated carbocycles. The van der Waals surface area contributed by atoms with Crippen molar-refractivity contribution < 1.29 is 14.6 Å². The minimum Gasteiger partial charge on any atom is -0.468 e. The van der Waals surface area contributed by atoms with E-state index in [1.54, 1.807) is 11.8 Å². The van der Waals surface area contributed by atoms with E-state index in [1.165, 1.54) is 7.11 Å². The summed E-state index contributed by atoms with van der Waals surface area (Å²) < 4.78 is 4.70. The van der Waals surface area contributed by atoms with Crippen LogP contribution in [0.25, 0.3) is 0 Å². The van der Waals surface area contributed by atoms with Gasteiger partial charge in [0.1, 0.15) is 6.04 Å². The van der Waals surface area contributed by atoms with Crippen molar-refractivity contribution in [2.75, 3.05) is 31.8 Å². The number of carbonyl (C=O) groups is 1. The summed E-state index contributed by atoms with van der Waals surface area (Å²) in [6, 6.07) is -0.223. The number of nitrogens with one attached hydrogen (secondary N) is 1. The first-order chi connectivity index (χ1) is 7.26. The first-order valence-electron chi connectivity index (χ1n) is 5.26. The molecule has 0 radical (unpaired) electrons. The van der Waals surface area contributed by atoms with Crippen molar-refractivity contribution in [1.29, 1.82) is 0 Å². The fraction of sp³-hybridized carbons (Fsp3) is 0.900. The summed E-state index contributed by atoms with van der Waals surface area (Å²) in [7, 11) is 1.40. The lowest BCUT2D eigenvalue weighted by atomic mass is 10.3. The molecule has 0 aromatic heterocycles. The highest BCUT2D eigenvalue weighted by molar-refractivity contribution is 7.99. The molecular formula is C10H21NO3S. The van der Waals surface area contributed by atoms with E-state index in [0.29, 0.717) is 5.75 Å². The summed E-state index contributed by atoms with van der Waals surface area (Å²) in [6.45, 7) is 3.08. The number of ether oxygens (including phenoxy) is 1. The number of hydrogen-bond donors (Lipinski definition) is 2. The van der Waals surface area contributed by atoms with Gasteiger partial charge in [-0.2, -0.15) is 11.8 Å². The van der Waals surface area contributed by atoms with Crippen molar-refractivity contribution in [3.05, 3.63) is 0 Å². The average molecular weight is 235 g/mol. The lowest BCUT2D eigenvalue weighted by Crippen LogP contribution is -2.40. The van der Waals surface area contributed by atoms with E-state index in [2.05, 4.69) is 12.2 Å². The van der Waals surface area contributed by atoms with Crippen molar-refractivity contribution in [2.24, 2.45) is 0 Å². The van der Waals surface area contributed by atoms with Crippen LogP contribution in [0.3, 0.4) is 0 Å². The number of hydrogen-bond acceptors (Lipinski definition) is 5. The van der Waals surface area contributed by atoms with Gasteiger partial charge in [0.15, 0.2) is 0 Å². The standard InChI is InChI=1S/C10H21NO3S/c1-3-5-11-9(10(13)14-2)8-15-7-4-6-12/h9,11-12H,3-8H2,1-2H3. The van der Waals surface area contributed by atoms with Crippen LogP contribution in [0.2, 0.25) is 0 Å². The predicted octanol–water partition coefficient (Wildman–Crippen LogP) is 0.643. The molecule has 1 atom stereocenters. The lowest BCUT2D eigenvalue weighted by molar-refractivity contribution is -0.142. The molecule has 0 rings (SSSR count). The van der Waals surface area contributed by atoms with E-state index >= 15 is 0 Å². The van der Waals surface area contributed by atoms with Crippen molar-refractivity contribution in [2.45, 2.75) is 25.8 Å². The fourth-order valence-electron chi connectivity index (χ4n) is 1.04. The maximum absolute atomic E-state index is 11.3. The Morgan fingerprint density at radius 3 is 2.87 bits per heavy atom. The number of methoxy groups -OCH3 is 1.